The predicted molar refractivity (Wildman–Crippen MR) is 208 cm³/mol. The lowest BCUT2D eigenvalue weighted by Crippen LogP contribution is -1.93. The number of nitrogens with zero attached hydrogens (tertiary/aromatic N) is 1. The van der Waals surface area contributed by atoms with Gasteiger partial charge in [-0.1, -0.05) is 127 Å². The molecule has 0 radical (unpaired) electrons. The summed E-state index contributed by atoms with van der Waals surface area (Å²) in [6, 6.07) is 60.7. The fourth-order valence-electron chi connectivity index (χ4n) is 8.14. The van der Waals surface area contributed by atoms with Crippen LogP contribution in [0.25, 0.3) is 102 Å². The van der Waals surface area contributed by atoms with Crippen LogP contribution in [-0.4, -0.2) is 4.57 Å². The summed E-state index contributed by atoms with van der Waals surface area (Å²) in [7, 11) is 0. The van der Waals surface area contributed by atoms with Gasteiger partial charge in [0.2, 0.25) is 0 Å². The highest BCUT2D eigenvalue weighted by Crippen LogP contribution is 2.46. The lowest BCUT2D eigenvalue weighted by Gasteiger charge is -2.17. The quantitative estimate of drug-likeness (QED) is 0.172. The Hall–Kier alpha value is -5.96. The molecule has 0 bridgehead atoms. The van der Waals surface area contributed by atoms with Gasteiger partial charge in [-0.05, 0) is 102 Å². The number of rotatable bonds is 3. The Labute approximate surface area is 280 Å². The van der Waals surface area contributed by atoms with E-state index in [9.17, 15) is 0 Å². The van der Waals surface area contributed by atoms with Gasteiger partial charge in [-0.2, -0.15) is 0 Å². The summed E-state index contributed by atoms with van der Waals surface area (Å²) in [5.74, 6) is 0. The van der Waals surface area contributed by atoms with E-state index in [0.717, 1.165) is 0 Å². The molecule has 0 atom stereocenters. The third kappa shape index (κ3) is 3.61. The van der Waals surface area contributed by atoms with Crippen LogP contribution in [0.5, 0.6) is 0 Å². The average molecular weight is 626 g/mol. The summed E-state index contributed by atoms with van der Waals surface area (Å²) >= 11 is 1.90. The highest BCUT2D eigenvalue weighted by atomic mass is 32.1. The molecule has 2 heterocycles. The van der Waals surface area contributed by atoms with Crippen LogP contribution >= 0.6 is 11.3 Å². The molecule has 0 fully saturated rings. The maximum atomic E-state index is 2.45. The van der Waals surface area contributed by atoms with Crippen molar-refractivity contribution in [3.05, 3.63) is 164 Å². The fourth-order valence-corrected chi connectivity index (χ4v) is 9.36. The molecule has 2 aromatic heterocycles. The molecular weight excluding hydrogens is 599 g/mol. The minimum absolute atomic E-state index is 1.19. The second-order valence-electron chi connectivity index (χ2n) is 12.9. The normalized spacial score (nSPS) is 12.2. The van der Waals surface area contributed by atoms with Gasteiger partial charge in [0.15, 0.2) is 0 Å². The van der Waals surface area contributed by atoms with Crippen LogP contribution in [0.2, 0.25) is 0 Å². The largest absolute Gasteiger partial charge is 0.308 e. The molecule has 0 spiro atoms. The number of hydrogen-bond acceptors (Lipinski definition) is 1. The summed E-state index contributed by atoms with van der Waals surface area (Å²) in [5, 5.41) is 13.0. The molecule has 0 N–H and O–H groups in total. The van der Waals surface area contributed by atoms with Crippen molar-refractivity contribution in [1.29, 1.82) is 0 Å². The van der Waals surface area contributed by atoms with Crippen molar-refractivity contribution in [2.45, 2.75) is 0 Å². The van der Waals surface area contributed by atoms with Crippen LogP contribution in [0.3, 0.4) is 0 Å². The molecule has 11 aromatic rings. The van der Waals surface area contributed by atoms with E-state index in [4.69, 9.17) is 0 Å². The van der Waals surface area contributed by atoms with Gasteiger partial charge in [-0.15, -0.1) is 11.3 Å². The van der Waals surface area contributed by atoms with Crippen LogP contribution < -0.4 is 0 Å². The van der Waals surface area contributed by atoms with Crippen molar-refractivity contribution in [3.63, 3.8) is 0 Å². The van der Waals surface area contributed by atoms with Gasteiger partial charge < -0.3 is 4.57 Å². The van der Waals surface area contributed by atoms with Crippen LogP contribution in [0, 0.1) is 0 Å². The first-order valence-electron chi connectivity index (χ1n) is 16.5. The number of benzene rings is 9. The molecule has 11 rings (SSSR count). The highest BCUT2D eigenvalue weighted by molar-refractivity contribution is 7.26. The Kier molecular flexibility index (Phi) is 5.32. The molecule has 48 heavy (non-hydrogen) atoms. The van der Waals surface area contributed by atoms with Crippen molar-refractivity contribution in [2.75, 3.05) is 0 Å². The monoisotopic (exact) mass is 625 g/mol. The molecule has 2 heteroatoms. The maximum absolute atomic E-state index is 2.45. The molecule has 0 unspecified atom stereocenters. The molecule has 0 aliphatic carbocycles. The van der Waals surface area contributed by atoms with Crippen LogP contribution in [0.15, 0.2) is 164 Å². The number of para-hydroxylation sites is 1. The second-order valence-corrected chi connectivity index (χ2v) is 13.9. The summed E-state index contributed by atoms with van der Waals surface area (Å²) in [5.41, 5.74) is 8.80. The predicted octanol–water partition coefficient (Wildman–Crippen LogP) is 13.4. The van der Waals surface area contributed by atoms with Crippen molar-refractivity contribution >= 4 is 85.6 Å². The van der Waals surface area contributed by atoms with Crippen molar-refractivity contribution in [2.24, 2.45) is 0 Å². The Balaban J connectivity index is 1.17. The van der Waals surface area contributed by atoms with Crippen LogP contribution in [-0.2, 0) is 0 Å². The van der Waals surface area contributed by atoms with E-state index < -0.39 is 0 Å². The third-order valence-electron chi connectivity index (χ3n) is 10.3. The molecular formula is C46H27NS. The van der Waals surface area contributed by atoms with Gasteiger partial charge in [0.05, 0.1) is 15.7 Å². The molecule has 0 aliphatic heterocycles. The highest BCUT2D eigenvalue weighted by Gasteiger charge is 2.20. The Bertz CT molecular complexity index is 3050. The van der Waals surface area contributed by atoms with Crippen LogP contribution in [0.4, 0.5) is 0 Å². The molecule has 9 aromatic carbocycles. The molecule has 0 aliphatic rings. The third-order valence-corrected chi connectivity index (χ3v) is 11.5. The van der Waals surface area contributed by atoms with Gasteiger partial charge >= 0.3 is 0 Å². The van der Waals surface area contributed by atoms with Crippen molar-refractivity contribution in [3.8, 4) is 27.9 Å². The fraction of sp³-hybridized carbons (Fsp3) is 0. The zero-order chi connectivity index (χ0) is 31.3. The minimum Gasteiger partial charge on any atom is -0.308 e. The van der Waals surface area contributed by atoms with E-state index in [-0.39, 0.29) is 0 Å². The maximum Gasteiger partial charge on any atom is 0.0727 e. The minimum atomic E-state index is 1.19. The topological polar surface area (TPSA) is 4.93 Å². The van der Waals surface area contributed by atoms with Gasteiger partial charge in [-0.3, -0.25) is 0 Å². The van der Waals surface area contributed by atoms with Gasteiger partial charge in [0.1, 0.15) is 0 Å². The molecule has 1 nitrogen and oxygen atoms in total. The van der Waals surface area contributed by atoms with Gasteiger partial charge in [-0.25, -0.2) is 0 Å². The Morgan fingerprint density at radius 1 is 0.396 bits per heavy atom. The standard InChI is InChI=1S/C46H27NS/c1-2-10-34(11-3-1)47-41-25-20-33(27-40(41)46-45(47)39-12-6-7-13-42(39)48-46)36-22-17-30-18-23-37-35(21-16-29-19-24-38(36)44(30)43(29)37)32-15-14-28-8-4-5-9-31(28)26-32/h1-27H. The lowest BCUT2D eigenvalue weighted by molar-refractivity contribution is 1.19. The molecule has 0 saturated carbocycles. The van der Waals surface area contributed by atoms with Crippen molar-refractivity contribution < 1.29 is 0 Å². The summed E-state index contributed by atoms with van der Waals surface area (Å²) in [4.78, 5) is 0. The van der Waals surface area contributed by atoms with E-state index in [0.29, 0.717) is 0 Å². The Morgan fingerprint density at radius 3 is 1.77 bits per heavy atom. The van der Waals surface area contributed by atoms with E-state index >= 15 is 0 Å². The van der Waals surface area contributed by atoms with Gasteiger partial charge in [0, 0.05) is 21.2 Å². The number of thiophene rings is 1. The molecule has 0 amide bonds. The van der Waals surface area contributed by atoms with E-state index in [1.165, 1.54) is 102 Å². The second kappa shape index (κ2) is 9.78. The number of fused-ring (bicyclic) bond motifs is 6. The smallest absolute Gasteiger partial charge is 0.0727 e. The zero-order valence-corrected chi connectivity index (χ0v) is 26.8. The lowest BCUT2D eigenvalue weighted by atomic mass is 9.87. The van der Waals surface area contributed by atoms with Crippen LogP contribution in [0.1, 0.15) is 0 Å². The number of hydrogen-bond donors (Lipinski definition) is 0. The van der Waals surface area contributed by atoms with E-state index in [2.05, 4.69) is 168 Å². The summed E-state index contributed by atoms with van der Waals surface area (Å²) in [6.07, 6.45) is 0. The Morgan fingerprint density at radius 2 is 1.00 bits per heavy atom. The molecule has 222 valence electrons. The first-order valence-corrected chi connectivity index (χ1v) is 17.3. The first kappa shape index (κ1) is 26.1. The zero-order valence-electron chi connectivity index (χ0n) is 25.9. The average Bonchev–Trinajstić information content (AvgIpc) is 3.68. The SMILES string of the molecule is c1ccc(-n2c3ccc(-c4ccc5ccc6c(-c7ccc8ccccc8c7)ccc7ccc4c5c76)cc3c3sc4ccccc4c32)cc1. The van der Waals surface area contributed by atoms with E-state index in [1.54, 1.807) is 0 Å². The first-order chi connectivity index (χ1) is 23.8. The summed E-state index contributed by atoms with van der Waals surface area (Å²) in [6.45, 7) is 0. The van der Waals surface area contributed by atoms with E-state index in [1.807, 2.05) is 11.3 Å². The summed E-state index contributed by atoms with van der Waals surface area (Å²) < 4.78 is 5.12. The van der Waals surface area contributed by atoms with Gasteiger partial charge in [0.25, 0.3) is 0 Å². The molecule has 0 saturated heterocycles. The van der Waals surface area contributed by atoms with Crippen molar-refractivity contribution in [1.82, 2.24) is 4.57 Å². The number of aromatic nitrogens is 1.